The van der Waals surface area contributed by atoms with Crippen LogP contribution in [0.25, 0.3) is 10.8 Å². The van der Waals surface area contributed by atoms with Crippen LogP contribution in [0, 0.1) is 5.92 Å². The van der Waals surface area contributed by atoms with E-state index in [4.69, 9.17) is 4.74 Å². The first-order valence-corrected chi connectivity index (χ1v) is 10.3. The predicted molar refractivity (Wildman–Crippen MR) is 96.9 cm³/mol. The Hall–Kier alpha value is -1.60. The van der Waals surface area contributed by atoms with Gasteiger partial charge in [-0.3, -0.25) is 4.79 Å². The quantitative estimate of drug-likeness (QED) is 0.820. The lowest BCUT2D eigenvalue weighted by Crippen LogP contribution is -2.33. The molecule has 1 aliphatic rings. The highest BCUT2D eigenvalue weighted by molar-refractivity contribution is 9.10. The summed E-state index contributed by atoms with van der Waals surface area (Å²) in [5, 5.41) is 4.85. The summed E-state index contributed by atoms with van der Waals surface area (Å²) < 4.78 is 29.2. The van der Waals surface area contributed by atoms with Gasteiger partial charge in [0.05, 0.1) is 16.0 Å². The number of carbonyl (C=O) groups is 1. The lowest BCUT2D eigenvalue weighted by molar-refractivity contribution is -0.123. The number of amides is 1. The molecule has 128 valence electrons. The van der Waals surface area contributed by atoms with Crippen LogP contribution in [0.3, 0.4) is 0 Å². The molecule has 24 heavy (non-hydrogen) atoms. The minimum atomic E-state index is -2.91. The Bertz CT molecular complexity index is 866. The zero-order valence-corrected chi connectivity index (χ0v) is 15.4. The third kappa shape index (κ3) is 4.08. The minimum Gasteiger partial charge on any atom is -0.483 e. The van der Waals surface area contributed by atoms with E-state index in [2.05, 4.69) is 21.2 Å². The van der Waals surface area contributed by atoms with Gasteiger partial charge in [0.2, 0.25) is 0 Å². The Morgan fingerprint density at radius 1 is 1.25 bits per heavy atom. The third-order valence-electron chi connectivity index (χ3n) is 4.10. The molecule has 7 heteroatoms. The van der Waals surface area contributed by atoms with Crippen LogP contribution in [0.1, 0.15) is 6.42 Å². The maximum Gasteiger partial charge on any atom is 0.257 e. The van der Waals surface area contributed by atoms with Gasteiger partial charge in [-0.15, -0.1) is 0 Å². The molecule has 1 heterocycles. The second-order valence-corrected chi connectivity index (χ2v) is 8.98. The standard InChI is InChI=1S/C17H18BrNO4S/c18-17-14-4-2-1-3-13(14)5-6-15(17)23-10-16(20)19-9-12-7-8-24(21,22)11-12/h1-6,12H,7-11H2,(H,19,20). The highest BCUT2D eigenvalue weighted by Crippen LogP contribution is 2.32. The zero-order chi connectivity index (χ0) is 17.2. The maximum absolute atomic E-state index is 11.9. The van der Waals surface area contributed by atoms with E-state index in [0.717, 1.165) is 15.2 Å². The number of hydrogen-bond acceptors (Lipinski definition) is 4. The summed E-state index contributed by atoms with van der Waals surface area (Å²) in [6.45, 7) is 0.275. The Kier molecular flexibility index (Phi) is 5.10. The summed E-state index contributed by atoms with van der Waals surface area (Å²) in [5.41, 5.74) is 0. The van der Waals surface area contributed by atoms with Crippen molar-refractivity contribution in [1.29, 1.82) is 0 Å². The second kappa shape index (κ2) is 7.11. The van der Waals surface area contributed by atoms with Gasteiger partial charge < -0.3 is 10.1 Å². The molecule has 1 aliphatic heterocycles. The molecule has 0 aliphatic carbocycles. The fraction of sp³-hybridized carbons (Fsp3) is 0.353. The van der Waals surface area contributed by atoms with Gasteiger partial charge in [-0.1, -0.05) is 30.3 Å². The third-order valence-corrected chi connectivity index (χ3v) is 6.76. The topological polar surface area (TPSA) is 72.5 Å². The fourth-order valence-corrected chi connectivity index (χ4v) is 5.28. The van der Waals surface area contributed by atoms with Crippen molar-refractivity contribution in [3.8, 4) is 5.75 Å². The molecule has 1 atom stereocenters. The molecule has 2 aromatic carbocycles. The lowest BCUT2D eigenvalue weighted by Gasteiger charge is -2.12. The Balaban J connectivity index is 1.54. The Morgan fingerprint density at radius 2 is 2.04 bits per heavy atom. The van der Waals surface area contributed by atoms with Crippen LogP contribution >= 0.6 is 15.9 Å². The number of sulfone groups is 1. The van der Waals surface area contributed by atoms with Crippen molar-refractivity contribution >= 4 is 42.4 Å². The Morgan fingerprint density at radius 3 is 2.79 bits per heavy atom. The summed E-state index contributed by atoms with van der Waals surface area (Å²) in [7, 11) is -2.91. The van der Waals surface area contributed by atoms with Crippen LogP contribution in [0.4, 0.5) is 0 Å². The Labute approximate surface area is 149 Å². The number of fused-ring (bicyclic) bond motifs is 1. The number of halogens is 1. The van der Waals surface area contributed by atoms with Crippen molar-refractivity contribution in [2.45, 2.75) is 6.42 Å². The first-order chi connectivity index (χ1) is 11.4. The molecule has 1 unspecified atom stereocenters. The molecule has 1 fully saturated rings. The second-order valence-electron chi connectivity index (χ2n) is 5.96. The summed E-state index contributed by atoms with van der Waals surface area (Å²) in [4.78, 5) is 11.9. The van der Waals surface area contributed by atoms with Crippen molar-refractivity contribution in [1.82, 2.24) is 5.32 Å². The van der Waals surface area contributed by atoms with E-state index >= 15 is 0 Å². The van der Waals surface area contributed by atoms with E-state index in [1.807, 2.05) is 36.4 Å². The number of nitrogens with one attached hydrogen (secondary N) is 1. The smallest absolute Gasteiger partial charge is 0.257 e. The molecule has 0 bridgehead atoms. The van der Waals surface area contributed by atoms with Gasteiger partial charge in [0.1, 0.15) is 5.75 Å². The first kappa shape index (κ1) is 17.2. The molecule has 1 amide bonds. The lowest BCUT2D eigenvalue weighted by atomic mass is 10.1. The van der Waals surface area contributed by atoms with Gasteiger partial charge in [-0.2, -0.15) is 0 Å². The van der Waals surface area contributed by atoms with Crippen molar-refractivity contribution in [2.24, 2.45) is 5.92 Å². The van der Waals surface area contributed by atoms with Crippen molar-refractivity contribution in [3.05, 3.63) is 40.9 Å². The number of rotatable bonds is 5. The molecule has 2 aromatic rings. The van der Waals surface area contributed by atoms with E-state index in [1.54, 1.807) is 0 Å². The average Bonchev–Trinajstić information content (AvgIpc) is 2.92. The molecule has 5 nitrogen and oxygen atoms in total. The van der Waals surface area contributed by atoms with Crippen molar-refractivity contribution in [2.75, 3.05) is 24.7 Å². The molecular weight excluding hydrogens is 394 g/mol. The van der Waals surface area contributed by atoms with Crippen LogP contribution in [0.15, 0.2) is 40.9 Å². The number of hydrogen-bond donors (Lipinski definition) is 1. The summed E-state index contributed by atoms with van der Waals surface area (Å²) in [6, 6.07) is 11.7. The SMILES string of the molecule is O=C(COc1ccc2ccccc2c1Br)NCC1CCS(=O)(=O)C1. The fourth-order valence-electron chi connectivity index (χ4n) is 2.81. The summed E-state index contributed by atoms with van der Waals surface area (Å²) >= 11 is 3.51. The van der Waals surface area contributed by atoms with Crippen LogP contribution < -0.4 is 10.1 Å². The zero-order valence-electron chi connectivity index (χ0n) is 13.0. The molecule has 0 radical (unpaired) electrons. The van der Waals surface area contributed by atoms with E-state index in [-0.39, 0.29) is 29.9 Å². The van der Waals surface area contributed by atoms with Gasteiger partial charge in [0, 0.05) is 6.54 Å². The van der Waals surface area contributed by atoms with E-state index in [0.29, 0.717) is 18.7 Å². The van der Waals surface area contributed by atoms with E-state index in [1.165, 1.54) is 0 Å². The van der Waals surface area contributed by atoms with Crippen LogP contribution in [0.5, 0.6) is 5.75 Å². The first-order valence-electron chi connectivity index (χ1n) is 7.72. The van der Waals surface area contributed by atoms with Crippen LogP contribution in [-0.4, -0.2) is 39.0 Å². The van der Waals surface area contributed by atoms with Gasteiger partial charge in [-0.25, -0.2) is 8.42 Å². The minimum absolute atomic E-state index is 0.00588. The summed E-state index contributed by atoms with van der Waals surface area (Å²) in [5.74, 6) is 0.733. The highest BCUT2D eigenvalue weighted by atomic mass is 79.9. The molecule has 0 spiro atoms. The molecule has 3 rings (SSSR count). The largest absolute Gasteiger partial charge is 0.483 e. The van der Waals surface area contributed by atoms with Crippen molar-refractivity contribution in [3.63, 3.8) is 0 Å². The molecule has 1 saturated heterocycles. The van der Waals surface area contributed by atoms with Gasteiger partial charge in [-0.05, 0) is 45.1 Å². The predicted octanol–water partition coefficient (Wildman–Crippen LogP) is 2.53. The molecule has 1 N–H and O–H groups in total. The number of ether oxygens (including phenoxy) is 1. The van der Waals surface area contributed by atoms with E-state index in [9.17, 15) is 13.2 Å². The van der Waals surface area contributed by atoms with E-state index < -0.39 is 9.84 Å². The molecule has 0 aromatic heterocycles. The highest BCUT2D eigenvalue weighted by Gasteiger charge is 2.27. The van der Waals surface area contributed by atoms with Gasteiger partial charge in [0.15, 0.2) is 16.4 Å². The monoisotopic (exact) mass is 411 g/mol. The summed E-state index contributed by atoms with van der Waals surface area (Å²) in [6.07, 6.45) is 0.611. The van der Waals surface area contributed by atoms with Crippen molar-refractivity contribution < 1.29 is 17.9 Å². The average molecular weight is 412 g/mol. The number of benzene rings is 2. The maximum atomic E-state index is 11.9. The normalized spacial score (nSPS) is 19.3. The molecular formula is C17H18BrNO4S. The van der Waals surface area contributed by atoms with Gasteiger partial charge in [0.25, 0.3) is 5.91 Å². The van der Waals surface area contributed by atoms with Crippen LogP contribution in [-0.2, 0) is 14.6 Å². The van der Waals surface area contributed by atoms with Crippen LogP contribution in [0.2, 0.25) is 0 Å². The van der Waals surface area contributed by atoms with Gasteiger partial charge >= 0.3 is 0 Å². The molecule has 0 saturated carbocycles. The number of carbonyl (C=O) groups excluding carboxylic acids is 1.